The molecule has 1 N–H and O–H groups in total. The fraction of sp³-hybridized carbons (Fsp3) is 1.00. The molecule has 0 saturated carbocycles. The van der Waals surface area contributed by atoms with Crippen molar-refractivity contribution in [1.82, 2.24) is 0 Å². The zero-order valence-electron chi connectivity index (χ0n) is 3.67. The molecular formula is C3H6ClO2P. The number of alkyl halides is 1. The molecule has 1 unspecified atom stereocenters. The summed E-state index contributed by atoms with van der Waals surface area (Å²) in [6, 6.07) is 0. The zero-order valence-corrected chi connectivity index (χ0v) is 5.32. The maximum Gasteiger partial charge on any atom is 0.157 e. The van der Waals surface area contributed by atoms with E-state index in [0.717, 1.165) is 0 Å². The highest BCUT2D eigenvalue weighted by Gasteiger charge is 1.97. The van der Waals surface area contributed by atoms with E-state index in [0.29, 0.717) is 0 Å². The molecular weight excluding hydrogens is 134 g/mol. The molecule has 0 heterocycles. The third-order valence-electron chi connectivity index (χ3n) is 0.463. The van der Waals surface area contributed by atoms with Gasteiger partial charge in [0.05, 0.1) is 12.3 Å². The minimum Gasteiger partial charge on any atom is -0.391 e. The Bertz CT molecular complexity index is 58.9. The number of halogens is 1. The van der Waals surface area contributed by atoms with Crippen molar-refractivity contribution in [3.8, 4) is 0 Å². The van der Waals surface area contributed by atoms with E-state index >= 15 is 0 Å². The van der Waals surface area contributed by atoms with Gasteiger partial charge in [0.25, 0.3) is 0 Å². The van der Waals surface area contributed by atoms with Crippen molar-refractivity contribution in [3.63, 3.8) is 0 Å². The van der Waals surface area contributed by atoms with Crippen LogP contribution in [0, 0.1) is 0 Å². The summed E-state index contributed by atoms with van der Waals surface area (Å²) in [6.45, 7) is 0. The number of hydrogen-bond donors (Lipinski definition) is 1. The monoisotopic (exact) mass is 140 g/mol. The average molecular weight is 141 g/mol. The molecule has 7 heavy (non-hydrogen) atoms. The lowest BCUT2D eigenvalue weighted by molar-refractivity contribution is 0.222. The van der Waals surface area contributed by atoms with Crippen molar-refractivity contribution in [2.45, 2.75) is 6.10 Å². The Morgan fingerprint density at radius 3 is 2.57 bits per heavy atom. The third kappa shape index (κ3) is 4.20. The Hall–Kier alpha value is 0.350. The highest BCUT2D eigenvalue weighted by Crippen LogP contribution is 1.96. The van der Waals surface area contributed by atoms with Crippen LogP contribution in [-0.2, 0) is 4.57 Å². The molecule has 0 aliphatic rings. The first kappa shape index (κ1) is 7.35. The number of hydrogen-bond acceptors (Lipinski definition) is 2. The molecule has 42 valence electrons. The van der Waals surface area contributed by atoms with E-state index in [1.165, 1.54) is 0 Å². The van der Waals surface area contributed by atoms with E-state index in [4.69, 9.17) is 16.7 Å². The summed E-state index contributed by atoms with van der Waals surface area (Å²) in [6.07, 6.45) is -0.371. The summed E-state index contributed by atoms with van der Waals surface area (Å²) in [4.78, 5) is 0. The molecule has 1 atom stereocenters. The molecule has 0 aliphatic heterocycles. The van der Waals surface area contributed by atoms with Crippen LogP contribution in [0.15, 0.2) is 0 Å². The fourth-order valence-electron chi connectivity index (χ4n) is 0.135. The molecule has 0 rings (SSSR count). The van der Waals surface area contributed by atoms with Crippen molar-refractivity contribution in [2.75, 3.05) is 12.0 Å². The van der Waals surface area contributed by atoms with Gasteiger partial charge < -0.3 is 5.11 Å². The Labute approximate surface area is 48.7 Å². The Balaban J connectivity index is 2.98. The van der Waals surface area contributed by atoms with Gasteiger partial charge in [-0.2, -0.15) is 0 Å². The smallest absolute Gasteiger partial charge is 0.157 e. The Kier molecular flexibility index (Phi) is 4.73. The Morgan fingerprint density at radius 2 is 2.43 bits per heavy atom. The van der Waals surface area contributed by atoms with Crippen LogP contribution in [0.25, 0.3) is 0 Å². The van der Waals surface area contributed by atoms with Crippen LogP contribution in [0.1, 0.15) is 0 Å². The lowest BCUT2D eigenvalue weighted by atomic mass is 10.5. The molecule has 0 saturated heterocycles. The van der Waals surface area contributed by atoms with Gasteiger partial charge in [-0.15, -0.1) is 11.6 Å². The van der Waals surface area contributed by atoms with Crippen LogP contribution >= 0.6 is 20.1 Å². The predicted molar refractivity (Wildman–Crippen MR) is 29.2 cm³/mol. The van der Waals surface area contributed by atoms with E-state index in [-0.39, 0.29) is 20.5 Å². The first-order valence-corrected chi connectivity index (χ1v) is 3.37. The van der Waals surface area contributed by atoms with E-state index in [9.17, 15) is 4.57 Å². The van der Waals surface area contributed by atoms with Crippen molar-refractivity contribution < 1.29 is 9.67 Å². The molecule has 0 aromatic rings. The SMILES string of the molecule is O=PCC(O)CCl. The summed E-state index contributed by atoms with van der Waals surface area (Å²) in [5.74, 6) is 0.162. The molecule has 0 spiro atoms. The molecule has 0 amide bonds. The highest BCUT2D eigenvalue weighted by atomic mass is 35.5. The fourth-order valence-corrected chi connectivity index (χ4v) is 0.697. The summed E-state index contributed by atoms with van der Waals surface area (Å²) < 4.78 is 9.65. The van der Waals surface area contributed by atoms with Gasteiger partial charge in [0.1, 0.15) is 0 Å². The van der Waals surface area contributed by atoms with Crippen LogP contribution in [0.5, 0.6) is 0 Å². The molecule has 2 nitrogen and oxygen atoms in total. The second kappa shape index (κ2) is 4.51. The van der Waals surface area contributed by atoms with Crippen LogP contribution < -0.4 is 0 Å². The minimum absolute atomic E-state index is 0.0448. The van der Waals surface area contributed by atoms with Crippen molar-refractivity contribution >= 4 is 20.1 Å². The zero-order chi connectivity index (χ0) is 5.70. The summed E-state index contributed by atoms with van der Waals surface area (Å²) >= 11 is 5.14. The quantitative estimate of drug-likeness (QED) is 0.467. The Morgan fingerprint density at radius 1 is 1.86 bits per heavy atom. The highest BCUT2D eigenvalue weighted by molar-refractivity contribution is 7.23. The van der Waals surface area contributed by atoms with Gasteiger partial charge >= 0.3 is 0 Å². The molecule has 0 aromatic carbocycles. The number of aliphatic hydroxyl groups excluding tert-OH is 1. The van der Waals surface area contributed by atoms with Gasteiger partial charge in [0.2, 0.25) is 0 Å². The van der Waals surface area contributed by atoms with E-state index in [2.05, 4.69) is 0 Å². The largest absolute Gasteiger partial charge is 0.391 e. The maximum absolute atomic E-state index is 9.65. The van der Waals surface area contributed by atoms with E-state index in [1.807, 2.05) is 0 Å². The second-order valence-electron chi connectivity index (χ2n) is 1.12. The van der Waals surface area contributed by atoms with Crippen LogP contribution in [0.4, 0.5) is 0 Å². The first-order valence-electron chi connectivity index (χ1n) is 1.84. The van der Waals surface area contributed by atoms with Gasteiger partial charge in [0, 0.05) is 5.88 Å². The van der Waals surface area contributed by atoms with Gasteiger partial charge in [-0.3, -0.25) is 4.57 Å². The van der Waals surface area contributed by atoms with Crippen LogP contribution in [0.2, 0.25) is 0 Å². The third-order valence-corrected chi connectivity index (χ3v) is 1.39. The van der Waals surface area contributed by atoms with E-state index < -0.39 is 6.10 Å². The average Bonchev–Trinajstić information content (AvgIpc) is 1.68. The molecule has 0 aromatic heterocycles. The topological polar surface area (TPSA) is 37.3 Å². The predicted octanol–water partition coefficient (Wildman–Crippen LogP) is 0.878. The van der Waals surface area contributed by atoms with Crippen LogP contribution in [0.3, 0.4) is 0 Å². The van der Waals surface area contributed by atoms with Gasteiger partial charge in [-0.1, -0.05) is 0 Å². The van der Waals surface area contributed by atoms with Crippen molar-refractivity contribution in [3.05, 3.63) is 0 Å². The molecule has 0 bridgehead atoms. The normalized spacial score (nSPS) is 14.6. The van der Waals surface area contributed by atoms with Gasteiger partial charge in [0.15, 0.2) is 8.46 Å². The minimum atomic E-state index is -0.610. The molecule has 4 heteroatoms. The summed E-state index contributed by atoms with van der Waals surface area (Å²) in [5, 5.41) is 8.52. The van der Waals surface area contributed by atoms with Crippen molar-refractivity contribution in [2.24, 2.45) is 0 Å². The summed E-state index contributed by atoms with van der Waals surface area (Å²) in [5.41, 5.74) is 0. The number of aliphatic hydroxyl groups is 1. The lowest BCUT2D eigenvalue weighted by Crippen LogP contribution is -2.08. The molecule has 0 fully saturated rings. The molecule has 0 radical (unpaired) electrons. The van der Waals surface area contributed by atoms with Crippen LogP contribution in [-0.4, -0.2) is 23.3 Å². The second-order valence-corrected chi connectivity index (χ2v) is 2.05. The van der Waals surface area contributed by atoms with Crippen molar-refractivity contribution in [1.29, 1.82) is 0 Å². The number of rotatable bonds is 3. The van der Waals surface area contributed by atoms with Gasteiger partial charge in [-0.25, -0.2) is 0 Å². The maximum atomic E-state index is 9.65. The first-order chi connectivity index (χ1) is 3.31. The molecule has 0 aliphatic carbocycles. The van der Waals surface area contributed by atoms with Gasteiger partial charge in [-0.05, 0) is 0 Å². The van der Waals surface area contributed by atoms with E-state index in [1.54, 1.807) is 0 Å². The lowest BCUT2D eigenvalue weighted by Gasteiger charge is -1.95. The standard InChI is InChI=1S/C3H6ClO2P/c4-1-3(5)2-7-6/h3,5H,1-2H2. The summed E-state index contributed by atoms with van der Waals surface area (Å²) in [7, 11) is -0.0448.